The number of carbonyl (C=O) groups excluding carboxylic acids is 1. The van der Waals surface area contributed by atoms with Crippen molar-refractivity contribution in [3.05, 3.63) is 0 Å². The predicted molar refractivity (Wildman–Crippen MR) is 69.8 cm³/mol. The largest absolute Gasteiger partial charge is 0.344 e. The highest BCUT2D eigenvalue weighted by atomic mass is 16.2. The maximum absolute atomic E-state index is 12.0. The number of nitrogens with zero attached hydrogens (tertiary/aromatic N) is 4. The van der Waals surface area contributed by atoms with Crippen molar-refractivity contribution in [1.29, 1.82) is 5.26 Å². The molecule has 1 atom stereocenters. The molecule has 0 saturated carbocycles. The second-order valence-electron chi connectivity index (χ2n) is 4.85. The fraction of sp³-hybridized carbons (Fsp3) is 0.833. The van der Waals surface area contributed by atoms with E-state index in [2.05, 4.69) is 16.8 Å². The molecule has 2 N–H and O–H groups in total. The van der Waals surface area contributed by atoms with Crippen molar-refractivity contribution in [2.75, 3.05) is 53.4 Å². The van der Waals surface area contributed by atoms with Gasteiger partial charge in [-0.2, -0.15) is 5.26 Å². The third kappa shape index (κ3) is 4.26. The molecule has 1 aliphatic rings. The SMILES string of the molecule is CN1CCN(CC(=O)N(C)CCC#N)C(CN)C1. The fourth-order valence-corrected chi connectivity index (χ4v) is 2.12. The highest BCUT2D eigenvalue weighted by molar-refractivity contribution is 5.78. The van der Waals surface area contributed by atoms with Crippen LogP contribution in [0.15, 0.2) is 0 Å². The van der Waals surface area contributed by atoms with Crippen LogP contribution in [0.5, 0.6) is 0 Å². The molecule has 1 rings (SSSR count). The summed E-state index contributed by atoms with van der Waals surface area (Å²) in [7, 11) is 3.81. The van der Waals surface area contributed by atoms with Crippen molar-refractivity contribution in [1.82, 2.24) is 14.7 Å². The Balaban J connectivity index is 2.45. The van der Waals surface area contributed by atoms with Gasteiger partial charge >= 0.3 is 0 Å². The predicted octanol–water partition coefficient (Wildman–Crippen LogP) is -1.07. The van der Waals surface area contributed by atoms with Crippen LogP contribution in [0.25, 0.3) is 0 Å². The van der Waals surface area contributed by atoms with E-state index in [0.717, 1.165) is 19.6 Å². The minimum Gasteiger partial charge on any atom is -0.344 e. The Labute approximate surface area is 109 Å². The van der Waals surface area contributed by atoms with Crippen LogP contribution in [0, 0.1) is 11.3 Å². The topological polar surface area (TPSA) is 76.6 Å². The summed E-state index contributed by atoms with van der Waals surface area (Å²) in [5.74, 6) is 0.0632. The molecule has 0 radical (unpaired) electrons. The van der Waals surface area contributed by atoms with E-state index in [1.54, 1.807) is 11.9 Å². The van der Waals surface area contributed by atoms with Gasteiger partial charge in [0.15, 0.2) is 0 Å². The van der Waals surface area contributed by atoms with Gasteiger partial charge in [0.2, 0.25) is 5.91 Å². The molecule has 0 aromatic heterocycles. The second kappa shape index (κ2) is 7.31. The van der Waals surface area contributed by atoms with Crippen molar-refractivity contribution in [3.8, 4) is 6.07 Å². The molecule has 1 saturated heterocycles. The zero-order chi connectivity index (χ0) is 13.5. The number of hydrogen-bond acceptors (Lipinski definition) is 5. The van der Waals surface area contributed by atoms with Gasteiger partial charge in [-0.1, -0.05) is 0 Å². The first-order valence-electron chi connectivity index (χ1n) is 6.32. The van der Waals surface area contributed by atoms with Crippen molar-refractivity contribution >= 4 is 5.91 Å². The molecule has 0 spiro atoms. The Kier molecular flexibility index (Phi) is 6.05. The number of carbonyl (C=O) groups is 1. The Morgan fingerprint density at radius 1 is 1.56 bits per heavy atom. The van der Waals surface area contributed by atoms with Gasteiger partial charge < -0.3 is 15.5 Å². The monoisotopic (exact) mass is 253 g/mol. The number of rotatable bonds is 5. The van der Waals surface area contributed by atoms with Crippen molar-refractivity contribution < 1.29 is 4.79 Å². The molecule has 0 aliphatic carbocycles. The minimum absolute atomic E-state index is 0.0632. The molecule has 6 heteroatoms. The van der Waals surface area contributed by atoms with Gasteiger partial charge in [0.25, 0.3) is 0 Å². The number of piperazine rings is 1. The quantitative estimate of drug-likeness (QED) is 0.675. The van der Waals surface area contributed by atoms with Crippen LogP contribution in [0.3, 0.4) is 0 Å². The summed E-state index contributed by atoms with van der Waals surface area (Å²) in [5.41, 5.74) is 5.75. The molecule has 1 aliphatic heterocycles. The van der Waals surface area contributed by atoms with E-state index in [4.69, 9.17) is 11.0 Å². The lowest BCUT2D eigenvalue weighted by Crippen LogP contribution is -2.57. The molecule has 102 valence electrons. The summed E-state index contributed by atoms with van der Waals surface area (Å²) >= 11 is 0. The minimum atomic E-state index is 0.0632. The van der Waals surface area contributed by atoms with E-state index in [0.29, 0.717) is 26.1 Å². The Morgan fingerprint density at radius 3 is 2.89 bits per heavy atom. The van der Waals surface area contributed by atoms with Gasteiger partial charge in [0.05, 0.1) is 19.0 Å². The summed E-state index contributed by atoms with van der Waals surface area (Å²) < 4.78 is 0. The van der Waals surface area contributed by atoms with E-state index in [1.807, 2.05) is 6.07 Å². The van der Waals surface area contributed by atoms with E-state index < -0.39 is 0 Å². The Hall–Kier alpha value is -1.16. The summed E-state index contributed by atoms with van der Waals surface area (Å²) in [6.45, 7) is 4.21. The first-order valence-corrected chi connectivity index (χ1v) is 6.32. The molecule has 0 aromatic rings. The van der Waals surface area contributed by atoms with E-state index >= 15 is 0 Å². The van der Waals surface area contributed by atoms with Crippen LogP contribution in [0.4, 0.5) is 0 Å². The maximum atomic E-state index is 12.0. The second-order valence-corrected chi connectivity index (χ2v) is 4.85. The van der Waals surface area contributed by atoms with Crippen LogP contribution in [0.1, 0.15) is 6.42 Å². The fourth-order valence-electron chi connectivity index (χ4n) is 2.12. The van der Waals surface area contributed by atoms with Crippen molar-refractivity contribution in [2.24, 2.45) is 5.73 Å². The molecular weight excluding hydrogens is 230 g/mol. The van der Waals surface area contributed by atoms with Gasteiger partial charge in [-0.05, 0) is 7.05 Å². The first-order chi connectivity index (χ1) is 8.58. The molecule has 1 heterocycles. The molecule has 6 nitrogen and oxygen atoms in total. The van der Waals surface area contributed by atoms with Gasteiger partial charge in [0.1, 0.15) is 0 Å². The van der Waals surface area contributed by atoms with Crippen LogP contribution in [0.2, 0.25) is 0 Å². The Bertz CT molecular complexity index is 314. The average molecular weight is 253 g/mol. The van der Waals surface area contributed by atoms with Crippen LogP contribution >= 0.6 is 0 Å². The first kappa shape index (κ1) is 14.9. The van der Waals surface area contributed by atoms with Crippen LogP contribution in [-0.2, 0) is 4.79 Å². The summed E-state index contributed by atoms with van der Waals surface area (Å²) in [4.78, 5) is 18.0. The molecule has 1 fully saturated rings. The van der Waals surface area contributed by atoms with Gasteiger partial charge in [-0.25, -0.2) is 0 Å². The summed E-state index contributed by atoms with van der Waals surface area (Å²) in [6.07, 6.45) is 0.380. The van der Waals surface area contributed by atoms with Crippen molar-refractivity contribution in [2.45, 2.75) is 12.5 Å². The molecule has 0 aromatic carbocycles. The molecule has 0 bridgehead atoms. The number of likely N-dealkylation sites (N-methyl/N-ethyl adjacent to an activating group) is 2. The van der Waals surface area contributed by atoms with Gasteiger partial charge in [0, 0.05) is 45.8 Å². The van der Waals surface area contributed by atoms with E-state index in [9.17, 15) is 4.79 Å². The van der Waals surface area contributed by atoms with Crippen LogP contribution < -0.4 is 5.73 Å². The van der Waals surface area contributed by atoms with Crippen LogP contribution in [-0.4, -0.2) is 80.0 Å². The number of amides is 1. The maximum Gasteiger partial charge on any atom is 0.236 e. The zero-order valence-corrected chi connectivity index (χ0v) is 11.3. The molecular formula is C12H23N5O. The standard InChI is InChI=1S/C12H23N5O/c1-15-6-7-17(11(8-14)9-15)10-12(18)16(2)5-3-4-13/h11H,3,5-10,14H2,1-2H3. The van der Waals surface area contributed by atoms with Crippen molar-refractivity contribution in [3.63, 3.8) is 0 Å². The number of nitriles is 1. The van der Waals surface area contributed by atoms with Gasteiger partial charge in [-0.3, -0.25) is 9.69 Å². The molecule has 1 unspecified atom stereocenters. The lowest BCUT2D eigenvalue weighted by Gasteiger charge is -2.39. The van der Waals surface area contributed by atoms with E-state index in [1.165, 1.54) is 0 Å². The molecule has 18 heavy (non-hydrogen) atoms. The lowest BCUT2D eigenvalue weighted by molar-refractivity contribution is -0.132. The van der Waals surface area contributed by atoms with E-state index in [-0.39, 0.29) is 11.9 Å². The zero-order valence-electron chi connectivity index (χ0n) is 11.3. The summed E-state index contributed by atoms with van der Waals surface area (Å²) in [6, 6.07) is 2.30. The number of nitrogens with two attached hydrogens (primary N) is 1. The third-order valence-corrected chi connectivity index (χ3v) is 3.40. The molecule has 1 amide bonds. The highest BCUT2D eigenvalue weighted by Crippen LogP contribution is 2.07. The third-order valence-electron chi connectivity index (χ3n) is 3.40. The Morgan fingerprint density at radius 2 is 2.28 bits per heavy atom. The number of hydrogen-bond donors (Lipinski definition) is 1. The van der Waals surface area contributed by atoms with Gasteiger partial charge in [-0.15, -0.1) is 0 Å². The highest BCUT2D eigenvalue weighted by Gasteiger charge is 2.26. The summed E-state index contributed by atoms with van der Waals surface area (Å²) in [5, 5.41) is 8.51. The lowest BCUT2D eigenvalue weighted by atomic mass is 10.1. The normalized spacial score (nSPS) is 21.6. The smallest absolute Gasteiger partial charge is 0.236 e. The average Bonchev–Trinajstić information content (AvgIpc) is 2.37.